The van der Waals surface area contributed by atoms with Gasteiger partial charge < -0.3 is 10.7 Å². The molecule has 1 aromatic heterocycles. The van der Waals surface area contributed by atoms with Gasteiger partial charge in [-0.25, -0.2) is 15.8 Å². The molecule has 0 atom stereocenters. The zero-order valence-electron chi connectivity index (χ0n) is 12.5. The minimum absolute atomic E-state index is 0.540. The Morgan fingerprint density at radius 3 is 2.50 bits per heavy atom. The predicted octanol–water partition coefficient (Wildman–Crippen LogP) is 3.41. The number of nitrogens with two attached hydrogens (primary N) is 1. The molecule has 1 heterocycles. The average Bonchev–Trinajstić information content (AvgIpc) is 3.30. The van der Waals surface area contributed by atoms with E-state index < -0.39 is 0 Å². The lowest BCUT2D eigenvalue weighted by Gasteiger charge is -2.09. The highest BCUT2D eigenvalue weighted by Gasteiger charge is 2.27. The van der Waals surface area contributed by atoms with Crippen molar-refractivity contribution in [3.8, 4) is 0 Å². The maximum absolute atomic E-state index is 5.46. The van der Waals surface area contributed by atoms with E-state index in [0.29, 0.717) is 11.7 Å². The fourth-order valence-electron chi connectivity index (χ4n) is 2.28. The normalized spacial score (nSPS) is 14.3. The van der Waals surface area contributed by atoms with Crippen LogP contribution in [-0.2, 0) is 0 Å². The van der Waals surface area contributed by atoms with Crippen LogP contribution in [0, 0.1) is 0 Å². The maximum atomic E-state index is 5.46. The number of hydrogen-bond acceptors (Lipinski definition) is 5. The van der Waals surface area contributed by atoms with E-state index in [9.17, 15) is 0 Å². The molecule has 0 spiro atoms. The van der Waals surface area contributed by atoms with E-state index in [1.54, 1.807) is 0 Å². The molecule has 1 aliphatic rings. The number of unbranched alkanes of at least 4 members (excludes halogenated alkanes) is 5. The molecule has 2 rings (SSSR count). The second-order valence-corrected chi connectivity index (χ2v) is 5.61. The van der Waals surface area contributed by atoms with Gasteiger partial charge in [0.25, 0.3) is 0 Å². The van der Waals surface area contributed by atoms with Crippen LogP contribution in [0.1, 0.15) is 70.0 Å². The van der Waals surface area contributed by atoms with Gasteiger partial charge in [-0.1, -0.05) is 39.0 Å². The first-order valence-electron chi connectivity index (χ1n) is 7.93. The molecule has 5 heteroatoms. The van der Waals surface area contributed by atoms with Gasteiger partial charge in [-0.05, 0) is 19.3 Å². The lowest BCUT2D eigenvalue weighted by Crippen LogP contribution is -2.12. The number of hydrazine groups is 1. The molecule has 1 saturated carbocycles. The Morgan fingerprint density at radius 2 is 1.80 bits per heavy atom. The third-order valence-electron chi connectivity index (χ3n) is 3.67. The smallest absolute Gasteiger partial charge is 0.145 e. The fraction of sp³-hybridized carbons (Fsp3) is 0.733. The first-order valence-corrected chi connectivity index (χ1v) is 7.93. The van der Waals surface area contributed by atoms with E-state index in [4.69, 9.17) is 5.84 Å². The summed E-state index contributed by atoms with van der Waals surface area (Å²) in [5.41, 5.74) is 2.62. The molecule has 0 saturated heterocycles. The number of nitrogens with zero attached hydrogens (tertiary/aromatic N) is 2. The summed E-state index contributed by atoms with van der Waals surface area (Å²) < 4.78 is 0. The molecule has 0 radical (unpaired) electrons. The first kappa shape index (κ1) is 15.0. The summed E-state index contributed by atoms with van der Waals surface area (Å²) >= 11 is 0. The van der Waals surface area contributed by atoms with Gasteiger partial charge in [0, 0.05) is 18.5 Å². The second-order valence-electron chi connectivity index (χ2n) is 5.61. The third kappa shape index (κ3) is 4.96. The molecule has 0 bridgehead atoms. The van der Waals surface area contributed by atoms with Crippen molar-refractivity contribution in [3.05, 3.63) is 11.9 Å². The predicted molar refractivity (Wildman–Crippen MR) is 83.7 cm³/mol. The van der Waals surface area contributed by atoms with Crippen LogP contribution in [0.25, 0.3) is 0 Å². The quantitative estimate of drug-likeness (QED) is 0.347. The van der Waals surface area contributed by atoms with Crippen molar-refractivity contribution in [1.82, 2.24) is 9.97 Å². The van der Waals surface area contributed by atoms with E-state index in [2.05, 4.69) is 27.6 Å². The number of aromatic nitrogens is 2. The van der Waals surface area contributed by atoms with Gasteiger partial charge in [0.1, 0.15) is 17.5 Å². The van der Waals surface area contributed by atoms with Crippen LogP contribution in [-0.4, -0.2) is 16.5 Å². The zero-order chi connectivity index (χ0) is 14.2. The zero-order valence-corrected chi connectivity index (χ0v) is 12.5. The molecular weight excluding hydrogens is 250 g/mol. The molecular formula is C15H27N5. The Hall–Kier alpha value is -1.36. The molecule has 20 heavy (non-hydrogen) atoms. The summed E-state index contributed by atoms with van der Waals surface area (Å²) in [5, 5.41) is 3.39. The number of nitrogens with one attached hydrogen (secondary N) is 2. The van der Waals surface area contributed by atoms with Crippen LogP contribution in [0.15, 0.2) is 6.07 Å². The number of anilines is 2. The third-order valence-corrected chi connectivity index (χ3v) is 3.67. The summed E-state index contributed by atoms with van der Waals surface area (Å²) in [4.78, 5) is 8.98. The van der Waals surface area contributed by atoms with Gasteiger partial charge >= 0.3 is 0 Å². The van der Waals surface area contributed by atoms with Crippen LogP contribution in [0.5, 0.6) is 0 Å². The molecule has 0 unspecified atom stereocenters. The molecule has 112 valence electrons. The Bertz CT molecular complexity index is 403. The SMILES string of the molecule is CCCCCCCCNc1cc(NN)nc(C2CC2)n1. The highest BCUT2D eigenvalue weighted by atomic mass is 15.3. The Balaban J connectivity index is 1.73. The maximum Gasteiger partial charge on any atom is 0.145 e. The molecule has 1 aromatic rings. The van der Waals surface area contributed by atoms with Crippen molar-refractivity contribution < 1.29 is 0 Å². The van der Waals surface area contributed by atoms with E-state index in [1.807, 2.05) is 6.07 Å². The van der Waals surface area contributed by atoms with E-state index in [-0.39, 0.29) is 0 Å². The Labute approximate surface area is 121 Å². The van der Waals surface area contributed by atoms with E-state index >= 15 is 0 Å². The monoisotopic (exact) mass is 277 g/mol. The fourth-order valence-corrected chi connectivity index (χ4v) is 2.28. The van der Waals surface area contributed by atoms with Crippen LogP contribution < -0.4 is 16.6 Å². The summed E-state index contributed by atoms with van der Waals surface area (Å²) in [6.07, 6.45) is 10.2. The summed E-state index contributed by atoms with van der Waals surface area (Å²) in [6.45, 7) is 3.22. The van der Waals surface area contributed by atoms with Crippen molar-refractivity contribution in [2.24, 2.45) is 5.84 Å². The summed E-state index contributed by atoms with van der Waals surface area (Å²) in [6, 6.07) is 1.88. The first-order chi connectivity index (χ1) is 9.83. The van der Waals surface area contributed by atoms with E-state index in [0.717, 1.165) is 18.2 Å². The molecule has 0 aromatic carbocycles. The lowest BCUT2D eigenvalue weighted by atomic mass is 10.1. The largest absolute Gasteiger partial charge is 0.370 e. The summed E-state index contributed by atoms with van der Waals surface area (Å²) in [5.74, 6) is 8.52. The van der Waals surface area contributed by atoms with Crippen molar-refractivity contribution >= 4 is 11.6 Å². The average molecular weight is 277 g/mol. The van der Waals surface area contributed by atoms with Gasteiger partial charge in [0.15, 0.2) is 0 Å². The van der Waals surface area contributed by atoms with Gasteiger partial charge in [0.05, 0.1) is 0 Å². The van der Waals surface area contributed by atoms with Crippen molar-refractivity contribution in [1.29, 1.82) is 0 Å². The minimum Gasteiger partial charge on any atom is -0.370 e. The minimum atomic E-state index is 0.540. The highest BCUT2D eigenvalue weighted by Crippen LogP contribution is 2.38. The van der Waals surface area contributed by atoms with Gasteiger partial charge in [-0.2, -0.15) is 0 Å². The molecule has 0 aliphatic heterocycles. The number of rotatable bonds is 10. The highest BCUT2D eigenvalue weighted by molar-refractivity contribution is 5.47. The summed E-state index contributed by atoms with van der Waals surface area (Å²) in [7, 11) is 0. The van der Waals surface area contributed by atoms with Crippen molar-refractivity contribution in [3.63, 3.8) is 0 Å². The van der Waals surface area contributed by atoms with Crippen molar-refractivity contribution in [2.45, 2.75) is 64.2 Å². The molecule has 1 aliphatic carbocycles. The van der Waals surface area contributed by atoms with Gasteiger partial charge in [0.2, 0.25) is 0 Å². The molecule has 5 nitrogen and oxygen atoms in total. The Morgan fingerprint density at radius 1 is 1.10 bits per heavy atom. The number of hydrogen-bond donors (Lipinski definition) is 3. The van der Waals surface area contributed by atoms with Crippen LogP contribution in [0.3, 0.4) is 0 Å². The van der Waals surface area contributed by atoms with Crippen LogP contribution in [0.2, 0.25) is 0 Å². The Kier molecular flexibility index (Phi) is 6.05. The molecule has 4 N–H and O–H groups in total. The topological polar surface area (TPSA) is 75.9 Å². The van der Waals surface area contributed by atoms with Gasteiger partial charge in [-0.3, -0.25) is 0 Å². The van der Waals surface area contributed by atoms with Gasteiger partial charge in [-0.15, -0.1) is 0 Å². The molecule has 1 fully saturated rings. The van der Waals surface area contributed by atoms with Crippen LogP contribution >= 0.6 is 0 Å². The van der Waals surface area contributed by atoms with Crippen LogP contribution in [0.4, 0.5) is 11.6 Å². The van der Waals surface area contributed by atoms with Crippen molar-refractivity contribution in [2.75, 3.05) is 17.3 Å². The second kappa shape index (κ2) is 8.04. The standard InChI is InChI=1S/C15H27N5/c1-2-3-4-5-6-7-10-17-13-11-14(20-16)19-15(18-13)12-8-9-12/h11-12H,2-10,16H2,1H3,(H2,17,18,19,20). The van der Waals surface area contributed by atoms with E-state index in [1.165, 1.54) is 51.4 Å². The lowest BCUT2D eigenvalue weighted by molar-refractivity contribution is 0.616. The molecule has 0 amide bonds. The number of nitrogen functional groups attached to an aromatic ring is 1.